The van der Waals surface area contributed by atoms with E-state index in [9.17, 15) is 4.79 Å². The minimum absolute atomic E-state index is 0.102. The second-order valence-corrected chi connectivity index (χ2v) is 5.54. The molecule has 2 heterocycles. The molecule has 3 aromatic rings. The highest BCUT2D eigenvalue weighted by atomic mass is 32.1. The molecular formula is C16H15N3OS. The van der Waals surface area contributed by atoms with Gasteiger partial charge in [-0.1, -0.05) is 18.2 Å². The van der Waals surface area contributed by atoms with Crippen molar-refractivity contribution in [1.82, 2.24) is 9.78 Å². The molecule has 0 saturated heterocycles. The van der Waals surface area contributed by atoms with E-state index in [-0.39, 0.29) is 5.91 Å². The summed E-state index contributed by atoms with van der Waals surface area (Å²) in [5.74, 6) is -0.102. The number of hydrogen-bond acceptors (Lipinski definition) is 3. The summed E-state index contributed by atoms with van der Waals surface area (Å²) in [6.07, 6.45) is 0. The monoisotopic (exact) mass is 297 g/mol. The number of aryl methyl sites for hydroxylation is 1. The number of carbonyl (C=O) groups excluding carboxylic acids is 1. The third kappa shape index (κ3) is 2.60. The average molecular weight is 297 g/mol. The lowest BCUT2D eigenvalue weighted by atomic mass is 10.2. The maximum Gasteiger partial charge on any atom is 0.256 e. The number of rotatable bonds is 3. The number of hydrogen-bond donors (Lipinski definition) is 1. The van der Waals surface area contributed by atoms with Crippen molar-refractivity contribution in [2.45, 2.75) is 13.8 Å². The van der Waals surface area contributed by atoms with Crippen LogP contribution >= 0.6 is 11.3 Å². The van der Waals surface area contributed by atoms with Crippen molar-refractivity contribution < 1.29 is 4.79 Å². The molecule has 1 amide bonds. The molecule has 0 aliphatic rings. The lowest BCUT2D eigenvalue weighted by molar-refractivity contribution is 0.102. The zero-order valence-electron chi connectivity index (χ0n) is 11.8. The first-order chi connectivity index (χ1) is 10.2. The summed E-state index contributed by atoms with van der Waals surface area (Å²) in [7, 11) is 0. The molecule has 0 radical (unpaired) electrons. The highest BCUT2D eigenvalue weighted by molar-refractivity contribution is 7.08. The standard InChI is InChI=1S/C16H15N3OS/c1-11-15(17-16(20)13-8-9-21-10-13)12(2)19(18-11)14-6-4-3-5-7-14/h3-10H,1-2H3,(H,17,20). The summed E-state index contributed by atoms with van der Waals surface area (Å²) in [6.45, 7) is 3.85. The van der Waals surface area contributed by atoms with E-state index in [0.29, 0.717) is 5.56 Å². The largest absolute Gasteiger partial charge is 0.319 e. The molecule has 5 heteroatoms. The number of amides is 1. The van der Waals surface area contributed by atoms with Gasteiger partial charge in [0.2, 0.25) is 0 Å². The van der Waals surface area contributed by atoms with Gasteiger partial charge in [0.05, 0.1) is 28.3 Å². The first kappa shape index (κ1) is 13.6. The summed E-state index contributed by atoms with van der Waals surface area (Å²) in [6, 6.07) is 11.7. The normalized spacial score (nSPS) is 10.6. The zero-order valence-corrected chi connectivity index (χ0v) is 12.6. The van der Waals surface area contributed by atoms with Gasteiger partial charge in [0.25, 0.3) is 5.91 Å². The molecule has 21 heavy (non-hydrogen) atoms. The van der Waals surface area contributed by atoms with E-state index in [1.165, 1.54) is 11.3 Å². The fourth-order valence-corrected chi connectivity index (χ4v) is 2.86. The molecule has 0 bridgehead atoms. The van der Waals surface area contributed by atoms with E-state index in [4.69, 9.17) is 0 Å². The number of anilines is 1. The minimum Gasteiger partial charge on any atom is -0.319 e. The van der Waals surface area contributed by atoms with Gasteiger partial charge in [-0.2, -0.15) is 16.4 Å². The second-order valence-electron chi connectivity index (χ2n) is 4.76. The predicted octanol–water partition coefficient (Wildman–Crippen LogP) is 3.80. The maximum atomic E-state index is 12.2. The fourth-order valence-electron chi connectivity index (χ4n) is 2.22. The summed E-state index contributed by atoms with van der Waals surface area (Å²) in [4.78, 5) is 12.2. The Morgan fingerprint density at radius 2 is 1.95 bits per heavy atom. The molecule has 0 atom stereocenters. The Balaban J connectivity index is 1.94. The predicted molar refractivity (Wildman–Crippen MR) is 85.3 cm³/mol. The zero-order chi connectivity index (χ0) is 14.8. The smallest absolute Gasteiger partial charge is 0.256 e. The highest BCUT2D eigenvalue weighted by Gasteiger charge is 2.16. The summed E-state index contributed by atoms with van der Waals surface area (Å²) in [5.41, 5.74) is 4.15. The van der Waals surface area contributed by atoms with E-state index in [1.54, 1.807) is 0 Å². The van der Waals surface area contributed by atoms with Crippen molar-refractivity contribution in [2.24, 2.45) is 0 Å². The van der Waals surface area contributed by atoms with Gasteiger partial charge in [0.15, 0.2) is 0 Å². The quantitative estimate of drug-likeness (QED) is 0.799. The number of para-hydroxylation sites is 1. The second kappa shape index (κ2) is 5.54. The van der Waals surface area contributed by atoms with Gasteiger partial charge < -0.3 is 5.32 Å². The lowest BCUT2D eigenvalue weighted by Crippen LogP contribution is -2.12. The van der Waals surface area contributed by atoms with Crippen LogP contribution in [0.5, 0.6) is 0 Å². The molecule has 0 unspecified atom stereocenters. The fraction of sp³-hybridized carbons (Fsp3) is 0.125. The third-order valence-corrected chi connectivity index (χ3v) is 4.00. The van der Waals surface area contributed by atoms with Gasteiger partial charge in [0.1, 0.15) is 0 Å². The van der Waals surface area contributed by atoms with E-state index in [1.807, 2.05) is 65.7 Å². The van der Waals surface area contributed by atoms with E-state index in [0.717, 1.165) is 22.8 Å². The Morgan fingerprint density at radius 3 is 2.62 bits per heavy atom. The highest BCUT2D eigenvalue weighted by Crippen LogP contribution is 2.23. The average Bonchev–Trinajstić information content (AvgIpc) is 3.12. The Morgan fingerprint density at radius 1 is 1.19 bits per heavy atom. The molecule has 1 N–H and O–H groups in total. The van der Waals surface area contributed by atoms with E-state index >= 15 is 0 Å². The minimum atomic E-state index is -0.102. The molecule has 3 rings (SSSR count). The van der Waals surface area contributed by atoms with Crippen LogP contribution in [0.1, 0.15) is 21.7 Å². The van der Waals surface area contributed by atoms with Crippen LogP contribution in [0.3, 0.4) is 0 Å². The van der Waals surface area contributed by atoms with Crippen LogP contribution < -0.4 is 5.32 Å². The van der Waals surface area contributed by atoms with Crippen molar-refractivity contribution in [3.63, 3.8) is 0 Å². The molecule has 1 aromatic carbocycles. The summed E-state index contributed by atoms with van der Waals surface area (Å²) >= 11 is 1.51. The maximum absolute atomic E-state index is 12.2. The number of carbonyl (C=O) groups is 1. The van der Waals surface area contributed by atoms with Gasteiger partial charge in [-0.3, -0.25) is 4.79 Å². The molecule has 4 nitrogen and oxygen atoms in total. The van der Waals surface area contributed by atoms with Crippen LogP contribution in [0.15, 0.2) is 47.2 Å². The van der Waals surface area contributed by atoms with E-state index in [2.05, 4.69) is 10.4 Å². The van der Waals surface area contributed by atoms with E-state index < -0.39 is 0 Å². The van der Waals surface area contributed by atoms with Crippen molar-refractivity contribution in [2.75, 3.05) is 5.32 Å². The molecule has 0 fully saturated rings. The van der Waals surface area contributed by atoms with Crippen molar-refractivity contribution >= 4 is 22.9 Å². The number of nitrogens with zero attached hydrogens (tertiary/aromatic N) is 2. The Labute approximate surface area is 127 Å². The molecule has 0 spiro atoms. The van der Waals surface area contributed by atoms with Crippen molar-refractivity contribution in [3.8, 4) is 5.69 Å². The SMILES string of the molecule is Cc1nn(-c2ccccc2)c(C)c1NC(=O)c1ccsc1. The first-order valence-electron chi connectivity index (χ1n) is 6.62. The summed E-state index contributed by atoms with van der Waals surface area (Å²) < 4.78 is 1.85. The van der Waals surface area contributed by atoms with Crippen LogP contribution in [-0.4, -0.2) is 15.7 Å². The lowest BCUT2D eigenvalue weighted by Gasteiger charge is -2.06. The van der Waals surface area contributed by atoms with Crippen LogP contribution in [-0.2, 0) is 0 Å². The Bertz CT molecular complexity index is 760. The van der Waals surface area contributed by atoms with Gasteiger partial charge in [-0.25, -0.2) is 4.68 Å². The molecule has 2 aromatic heterocycles. The number of aromatic nitrogens is 2. The molecular weight excluding hydrogens is 282 g/mol. The van der Waals surface area contributed by atoms with Crippen LogP contribution in [0, 0.1) is 13.8 Å². The van der Waals surface area contributed by atoms with Crippen molar-refractivity contribution in [3.05, 3.63) is 64.1 Å². The topological polar surface area (TPSA) is 46.9 Å². The van der Waals surface area contributed by atoms with Crippen molar-refractivity contribution in [1.29, 1.82) is 0 Å². The van der Waals surface area contributed by atoms with Gasteiger partial charge in [0, 0.05) is 5.38 Å². The molecule has 106 valence electrons. The third-order valence-electron chi connectivity index (χ3n) is 3.31. The van der Waals surface area contributed by atoms with Crippen LogP contribution in [0.2, 0.25) is 0 Å². The van der Waals surface area contributed by atoms with Gasteiger partial charge in [-0.05, 0) is 37.4 Å². The number of thiophene rings is 1. The van der Waals surface area contributed by atoms with Crippen LogP contribution in [0.25, 0.3) is 5.69 Å². The van der Waals surface area contributed by atoms with Gasteiger partial charge >= 0.3 is 0 Å². The van der Waals surface area contributed by atoms with Gasteiger partial charge in [-0.15, -0.1) is 0 Å². The first-order valence-corrected chi connectivity index (χ1v) is 7.56. The Kier molecular flexibility index (Phi) is 3.58. The number of nitrogens with one attached hydrogen (secondary N) is 1. The Hall–Kier alpha value is -2.40. The molecule has 0 saturated carbocycles. The molecule has 0 aliphatic carbocycles. The summed E-state index contributed by atoms with van der Waals surface area (Å²) in [5, 5.41) is 11.2. The molecule has 0 aliphatic heterocycles. The number of benzene rings is 1. The van der Waals surface area contributed by atoms with Crippen LogP contribution in [0.4, 0.5) is 5.69 Å².